The van der Waals surface area contributed by atoms with E-state index < -0.39 is 0 Å². The summed E-state index contributed by atoms with van der Waals surface area (Å²) in [7, 11) is 4.10. The Morgan fingerprint density at radius 1 is 1.06 bits per heavy atom. The van der Waals surface area contributed by atoms with Gasteiger partial charge in [-0.2, -0.15) is 0 Å². The van der Waals surface area contributed by atoms with E-state index in [-0.39, 0.29) is 6.04 Å². The number of benzene rings is 1. The second-order valence-electron chi connectivity index (χ2n) is 5.06. The lowest BCUT2D eigenvalue weighted by Crippen LogP contribution is -2.12. The van der Waals surface area contributed by atoms with Crippen LogP contribution in [-0.4, -0.2) is 14.1 Å². The zero-order chi connectivity index (χ0) is 12.1. The topological polar surface area (TPSA) is 29.3 Å². The first-order chi connectivity index (χ1) is 7.50. The normalized spacial score (nSPS) is 12.9. The number of rotatable bonds is 5. The van der Waals surface area contributed by atoms with E-state index in [9.17, 15) is 0 Å². The second-order valence-corrected chi connectivity index (χ2v) is 5.06. The van der Waals surface area contributed by atoms with Gasteiger partial charge in [-0.25, -0.2) is 0 Å². The summed E-state index contributed by atoms with van der Waals surface area (Å²) in [5, 5.41) is 0. The zero-order valence-electron chi connectivity index (χ0n) is 10.9. The van der Waals surface area contributed by atoms with Gasteiger partial charge in [0, 0.05) is 25.8 Å². The fraction of sp³-hybridized carbons (Fsp3) is 0.571. The molecule has 0 aliphatic heterocycles. The van der Waals surface area contributed by atoms with E-state index >= 15 is 0 Å². The lowest BCUT2D eigenvalue weighted by molar-refractivity contribution is 0.507. The molecule has 1 aromatic carbocycles. The van der Waals surface area contributed by atoms with Crippen molar-refractivity contribution in [3.05, 3.63) is 29.8 Å². The Balaban J connectivity index is 2.59. The van der Waals surface area contributed by atoms with Crippen molar-refractivity contribution >= 4 is 5.69 Å². The van der Waals surface area contributed by atoms with Crippen molar-refractivity contribution in [2.75, 3.05) is 19.0 Å². The third-order valence-electron chi connectivity index (χ3n) is 2.89. The standard InChI is InChI=1S/C14H24N2/c1-11(2)5-10-14(15)12-6-8-13(9-7-12)16(3)4/h6-9,11,14H,5,10,15H2,1-4H3. The van der Waals surface area contributed by atoms with Crippen molar-refractivity contribution in [3.63, 3.8) is 0 Å². The Morgan fingerprint density at radius 3 is 2.06 bits per heavy atom. The van der Waals surface area contributed by atoms with Crippen LogP contribution in [0.15, 0.2) is 24.3 Å². The molecular formula is C14H24N2. The van der Waals surface area contributed by atoms with Gasteiger partial charge >= 0.3 is 0 Å². The van der Waals surface area contributed by atoms with E-state index in [1.54, 1.807) is 0 Å². The van der Waals surface area contributed by atoms with Crippen molar-refractivity contribution in [2.45, 2.75) is 32.7 Å². The Morgan fingerprint density at radius 2 is 1.62 bits per heavy atom. The molecule has 0 fully saturated rings. The molecule has 0 aliphatic rings. The van der Waals surface area contributed by atoms with Crippen molar-refractivity contribution in [2.24, 2.45) is 11.7 Å². The summed E-state index contributed by atoms with van der Waals surface area (Å²) in [6, 6.07) is 8.72. The molecule has 0 amide bonds. The molecule has 2 N–H and O–H groups in total. The Hall–Kier alpha value is -1.02. The molecule has 1 aromatic rings. The van der Waals surface area contributed by atoms with Gasteiger partial charge in [0.15, 0.2) is 0 Å². The Kier molecular flexibility index (Phi) is 4.81. The van der Waals surface area contributed by atoms with Crippen LogP contribution in [0.25, 0.3) is 0 Å². The average Bonchev–Trinajstić information content (AvgIpc) is 2.26. The van der Waals surface area contributed by atoms with Gasteiger partial charge in [-0.05, 0) is 36.5 Å². The summed E-state index contributed by atoms with van der Waals surface area (Å²) < 4.78 is 0. The molecule has 1 unspecified atom stereocenters. The van der Waals surface area contributed by atoms with Crippen molar-refractivity contribution < 1.29 is 0 Å². The van der Waals surface area contributed by atoms with E-state index in [4.69, 9.17) is 5.73 Å². The van der Waals surface area contributed by atoms with Gasteiger partial charge in [-0.3, -0.25) is 0 Å². The molecule has 0 aliphatic carbocycles. The summed E-state index contributed by atoms with van der Waals surface area (Å²) in [5.74, 6) is 0.729. The highest BCUT2D eigenvalue weighted by Crippen LogP contribution is 2.21. The molecule has 0 radical (unpaired) electrons. The molecule has 0 saturated heterocycles. The molecule has 0 bridgehead atoms. The second kappa shape index (κ2) is 5.90. The first-order valence-corrected chi connectivity index (χ1v) is 6.03. The molecule has 0 saturated carbocycles. The average molecular weight is 220 g/mol. The molecule has 0 heterocycles. The first-order valence-electron chi connectivity index (χ1n) is 6.03. The monoisotopic (exact) mass is 220 g/mol. The third-order valence-corrected chi connectivity index (χ3v) is 2.89. The lowest BCUT2D eigenvalue weighted by Gasteiger charge is -2.16. The van der Waals surface area contributed by atoms with Crippen LogP contribution in [0, 0.1) is 5.92 Å². The third kappa shape index (κ3) is 3.86. The van der Waals surface area contributed by atoms with E-state index in [0.717, 1.165) is 12.3 Å². The summed E-state index contributed by atoms with van der Waals surface area (Å²) >= 11 is 0. The molecule has 0 aromatic heterocycles. The summed E-state index contributed by atoms with van der Waals surface area (Å²) in [6.45, 7) is 4.48. The van der Waals surface area contributed by atoms with Crippen LogP contribution >= 0.6 is 0 Å². The lowest BCUT2D eigenvalue weighted by atomic mass is 9.98. The smallest absolute Gasteiger partial charge is 0.0361 e. The van der Waals surface area contributed by atoms with Crippen molar-refractivity contribution in [1.29, 1.82) is 0 Å². The fourth-order valence-electron chi connectivity index (χ4n) is 1.70. The van der Waals surface area contributed by atoms with Gasteiger partial charge in [0.25, 0.3) is 0 Å². The minimum Gasteiger partial charge on any atom is -0.378 e. The molecule has 90 valence electrons. The number of hydrogen-bond donors (Lipinski definition) is 1. The molecule has 1 rings (SSSR count). The van der Waals surface area contributed by atoms with Gasteiger partial charge < -0.3 is 10.6 Å². The van der Waals surface area contributed by atoms with Gasteiger partial charge in [0.05, 0.1) is 0 Å². The zero-order valence-corrected chi connectivity index (χ0v) is 10.9. The molecular weight excluding hydrogens is 196 g/mol. The molecule has 16 heavy (non-hydrogen) atoms. The maximum absolute atomic E-state index is 6.16. The maximum atomic E-state index is 6.16. The maximum Gasteiger partial charge on any atom is 0.0361 e. The molecule has 1 atom stereocenters. The highest BCUT2D eigenvalue weighted by Gasteiger charge is 2.07. The van der Waals surface area contributed by atoms with Gasteiger partial charge in [-0.1, -0.05) is 26.0 Å². The predicted octanol–water partition coefficient (Wildman–Crippen LogP) is 3.19. The summed E-state index contributed by atoms with van der Waals surface area (Å²) in [6.07, 6.45) is 2.26. The van der Waals surface area contributed by atoms with Crippen LogP contribution in [0.4, 0.5) is 5.69 Å². The molecule has 2 nitrogen and oxygen atoms in total. The van der Waals surface area contributed by atoms with Crippen LogP contribution in [0.3, 0.4) is 0 Å². The van der Waals surface area contributed by atoms with E-state index in [1.807, 2.05) is 14.1 Å². The highest BCUT2D eigenvalue weighted by molar-refractivity contribution is 5.46. The van der Waals surface area contributed by atoms with E-state index in [1.165, 1.54) is 17.7 Å². The largest absolute Gasteiger partial charge is 0.378 e. The van der Waals surface area contributed by atoms with Crippen LogP contribution in [-0.2, 0) is 0 Å². The summed E-state index contributed by atoms with van der Waals surface area (Å²) in [4.78, 5) is 2.10. The fourth-order valence-corrected chi connectivity index (χ4v) is 1.70. The minimum atomic E-state index is 0.179. The van der Waals surface area contributed by atoms with Crippen LogP contribution in [0.5, 0.6) is 0 Å². The Labute approximate surface area is 99.5 Å². The predicted molar refractivity (Wildman–Crippen MR) is 71.8 cm³/mol. The van der Waals surface area contributed by atoms with Gasteiger partial charge in [0.1, 0.15) is 0 Å². The van der Waals surface area contributed by atoms with Gasteiger partial charge in [0.2, 0.25) is 0 Å². The van der Waals surface area contributed by atoms with Crippen LogP contribution in [0.2, 0.25) is 0 Å². The number of nitrogens with two attached hydrogens (primary N) is 1. The van der Waals surface area contributed by atoms with E-state index in [0.29, 0.717) is 0 Å². The highest BCUT2D eigenvalue weighted by atomic mass is 15.1. The number of nitrogens with zero attached hydrogens (tertiary/aromatic N) is 1. The van der Waals surface area contributed by atoms with Crippen molar-refractivity contribution in [3.8, 4) is 0 Å². The Bertz CT molecular complexity index is 301. The van der Waals surface area contributed by atoms with E-state index in [2.05, 4.69) is 43.0 Å². The number of anilines is 1. The SMILES string of the molecule is CC(C)CCC(N)c1ccc(N(C)C)cc1. The summed E-state index contributed by atoms with van der Waals surface area (Å²) in [5.41, 5.74) is 8.62. The van der Waals surface area contributed by atoms with Crippen molar-refractivity contribution in [1.82, 2.24) is 0 Å². The molecule has 2 heteroatoms. The van der Waals surface area contributed by atoms with Crippen LogP contribution in [0.1, 0.15) is 38.3 Å². The number of hydrogen-bond acceptors (Lipinski definition) is 2. The van der Waals surface area contributed by atoms with Crippen LogP contribution < -0.4 is 10.6 Å². The first kappa shape index (κ1) is 13.0. The van der Waals surface area contributed by atoms with Gasteiger partial charge in [-0.15, -0.1) is 0 Å². The quantitative estimate of drug-likeness (QED) is 0.825. The minimum absolute atomic E-state index is 0.179. The molecule has 0 spiro atoms.